The van der Waals surface area contributed by atoms with E-state index < -0.39 is 11.2 Å². The number of imidazole rings is 1. The molecule has 19 heavy (non-hydrogen) atoms. The fraction of sp³-hybridized carbons (Fsp3) is 0.583. The van der Waals surface area contributed by atoms with Crippen molar-refractivity contribution in [2.45, 2.75) is 32.7 Å². The van der Waals surface area contributed by atoms with Gasteiger partial charge in [-0.15, -0.1) is 11.6 Å². The number of alkyl halides is 1. The number of nitrogens with zero attached hydrogens (tertiary/aromatic N) is 3. The van der Waals surface area contributed by atoms with E-state index in [2.05, 4.69) is 9.97 Å². The highest BCUT2D eigenvalue weighted by Crippen LogP contribution is 2.21. The molecule has 1 atom stereocenters. The second kappa shape index (κ2) is 4.85. The number of fused-ring (bicyclic) bond motifs is 1. The van der Waals surface area contributed by atoms with Gasteiger partial charge >= 0.3 is 5.69 Å². The first-order valence-electron chi connectivity index (χ1n) is 6.16. The first-order chi connectivity index (χ1) is 8.82. The number of H-pyrrole nitrogens is 1. The highest BCUT2D eigenvalue weighted by molar-refractivity contribution is 6.20. The van der Waals surface area contributed by atoms with Crippen LogP contribution in [0.25, 0.3) is 11.2 Å². The summed E-state index contributed by atoms with van der Waals surface area (Å²) in [5, 5.41) is -0.334. The van der Waals surface area contributed by atoms with Crippen LogP contribution in [0.4, 0.5) is 0 Å². The van der Waals surface area contributed by atoms with Crippen LogP contribution in [0.5, 0.6) is 0 Å². The Bertz CT molecular complexity index is 724. The molecule has 0 saturated carbocycles. The molecule has 0 aliphatic rings. The number of hydrogen-bond donors (Lipinski definition) is 1. The van der Waals surface area contributed by atoms with Gasteiger partial charge in [0.15, 0.2) is 11.2 Å². The predicted octanol–water partition coefficient (Wildman–Crippen LogP) is 1.38. The molecule has 1 unspecified atom stereocenters. The second-order valence-corrected chi connectivity index (χ2v) is 5.74. The highest BCUT2D eigenvalue weighted by Gasteiger charge is 2.19. The van der Waals surface area contributed by atoms with Gasteiger partial charge in [0.05, 0.1) is 5.38 Å². The summed E-state index contributed by atoms with van der Waals surface area (Å²) in [6, 6.07) is 0. The second-order valence-electron chi connectivity index (χ2n) is 5.08. The maximum atomic E-state index is 11.9. The molecular weight excluding hydrogens is 268 g/mol. The van der Waals surface area contributed by atoms with Crippen LogP contribution in [-0.4, -0.2) is 19.1 Å². The third-order valence-corrected chi connectivity index (χ3v) is 3.15. The lowest BCUT2D eigenvalue weighted by molar-refractivity contribution is 0.513. The molecule has 2 rings (SSSR count). The molecule has 0 aliphatic heterocycles. The van der Waals surface area contributed by atoms with E-state index in [0.717, 1.165) is 0 Å². The minimum atomic E-state index is -0.432. The van der Waals surface area contributed by atoms with Crippen LogP contribution in [0.2, 0.25) is 0 Å². The van der Waals surface area contributed by atoms with Crippen LogP contribution in [0.15, 0.2) is 9.59 Å². The first kappa shape index (κ1) is 13.9. The summed E-state index contributed by atoms with van der Waals surface area (Å²) in [5.74, 6) is 0.843. The van der Waals surface area contributed by atoms with Crippen LogP contribution in [0, 0.1) is 5.92 Å². The van der Waals surface area contributed by atoms with Crippen molar-refractivity contribution in [1.29, 1.82) is 0 Å². The monoisotopic (exact) mass is 284 g/mol. The number of halogens is 1. The molecule has 1 N–H and O–H groups in total. The van der Waals surface area contributed by atoms with E-state index in [9.17, 15) is 9.59 Å². The molecule has 6 nitrogen and oxygen atoms in total. The van der Waals surface area contributed by atoms with E-state index in [0.29, 0.717) is 23.5 Å². The van der Waals surface area contributed by atoms with Crippen molar-refractivity contribution in [1.82, 2.24) is 19.1 Å². The van der Waals surface area contributed by atoms with E-state index >= 15 is 0 Å². The molecule has 7 heteroatoms. The van der Waals surface area contributed by atoms with Crippen LogP contribution in [0.1, 0.15) is 32.0 Å². The summed E-state index contributed by atoms with van der Waals surface area (Å²) in [7, 11) is 1.73. The van der Waals surface area contributed by atoms with E-state index in [4.69, 9.17) is 11.6 Å². The lowest BCUT2D eigenvalue weighted by atomic mass is 10.2. The molecule has 0 aliphatic carbocycles. The Kier molecular flexibility index (Phi) is 3.54. The minimum Gasteiger partial charge on any atom is -0.324 e. The van der Waals surface area contributed by atoms with Crippen LogP contribution in [0.3, 0.4) is 0 Å². The molecule has 0 amide bonds. The average Bonchev–Trinajstić information content (AvgIpc) is 2.62. The fourth-order valence-corrected chi connectivity index (χ4v) is 2.35. The maximum absolute atomic E-state index is 11.9. The minimum absolute atomic E-state index is 0.269. The van der Waals surface area contributed by atoms with Gasteiger partial charge in [-0.25, -0.2) is 9.78 Å². The van der Waals surface area contributed by atoms with Crippen molar-refractivity contribution in [2.75, 3.05) is 0 Å². The van der Waals surface area contributed by atoms with E-state index in [1.807, 2.05) is 13.8 Å². The number of nitrogens with one attached hydrogen (secondary N) is 1. The SMILES string of the molecule is CC(C)Cn1c(=O)[nH]c(=O)c2c1nc(C(C)Cl)n2C. The summed E-state index contributed by atoms with van der Waals surface area (Å²) in [4.78, 5) is 30.5. The fourth-order valence-electron chi connectivity index (χ4n) is 2.15. The number of aryl methyl sites for hydroxylation is 1. The summed E-state index contributed by atoms with van der Waals surface area (Å²) in [6.45, 7) is 6.27. The van der Waals surface area contributed by atoms with Gasteiger partial charge in [0.1, 0.15) is 5.82 Å². The van der Waals surface area contributed by atoms with Crippen molar-refractivity contribution in [3.63, 3.8) is 0 Å². The average molecular weight is 285 g/mol. The Labute approximate surface area is 115 Å². The molecule has 0 radical (unpaired) electrons. The van der Waals surface area contributed by atoms with Gasteiger partial charge in [-0.3, -0.25) is 14.3 Å². The van der Waals surface area contributed by atoms with Gasteiger partial charge < -0.3 is 4.57 Å². The number of aromatic amines is 1. The quantitative estimate of drug-likeness (QED) is 0.866. The number of aromatic nitrogens is 4. The van der Waals surface area contributed by atoms with Gasteiger partial charge in [0.2, 0.25) is 0 Å². The van der Waals surface area contributed by atoms with Crippen LogP contribution in [-0.2, 0) is 13.6 Å². The van der Waals surface area contributed by atoms with Crippen molar-refractivity contribution in [2.24, 2.45) is 13.0 Å². The van der Waals surface area contributed by atoms with Gasteiger partial charge in [-0.05, 0) is 12.8 Å². The molecule has 0 saturated heterocycles. The normalized spacial score (nSPS) is 13.4. The van der Waals surface area contributed by atoms with Crippen molar-refractivity contribution in [3.05, 3.63) is 26.7 Å². The van der Waals surface area contributed by atoms with Gasteiger partial charge in [-0.1, -0.05) is 13.8 Å². The molecule has 2 aromatic heterocycles. The van der Waals surface area contributed by atoms with Crippen molar-refractivity contribution >= 4 is 22.8 Å². The zero-order chi connectivity index (χ0) is 14.3. The highest BCUT2D eigenvalue weighted by atomic mass is 35.5. The zero-order valence-corrected chi connectivity index (χ0v) is 12.2. The lowest BCUT2D eigenvalue weighted by Crippen LogP contribution is -2.32. The number of hydrogen-bond acceptors (Lipinski definition) is 3. The molecule has 0 spiro atoms. The Morgan fingerprint density at radius 2 is 1.95 bits per heavy atom. The summed E-state index contributed by atoms with van der Waals surface area (Å²) in [5.41, 5.74) is -0.0909. The van der Waals surface area contributed by atoms with Gasteiger partial charge in [0.25, 0.3) is 5.56 Å². The molecule has 0 aromatic carbocycles. The molecule has 2 heterocycles. The Morgan fingerprint density at radius 3 is 2.47 bits per heavy atom. The van der Waals surface area contributed by atoms with Crippen molar-refractivity contribution in [3.8, 4) is 0 Å². The molecular formula is C12H17ClN4O2. The molecule has 2 aromatic rings. The Hall–Kier alpha value is -1.56. The topological polar surface area (TPSA) is 72.7 Å². The summed E-state index contributed by atoms with van der Waals surface area (Å²) < 4.78 is 3.13. The number of rotatable bonds is 3. The first-order valence-corrected chi connectivity index (χ1v) is 6.60. The Balaban J connectivity index is 2.87. The van der Waals surface area contributed by atoms with Crippen LogP contribution < -0.4 is 11.2 Å². The third kappa shape index (κ3) is 2.32. The van der Waals surface area contributed by atoms with Crippen LogP contribution >= 0.6 is 11.6 Å². The van der Waals surface area contributed by atoms with E-state index in [1.165, 1.54) is 4.57 Å². The zero-order valence-electron chi connectivity index (χ0n) is 11.4. The standard InChI is InChI=1S/C12H17ClN4O2/c1-6(2)5-17-10-8(11(18)15-12(17)19)16(4)9(14-10)7(3)13/h6-7H,5H2,1-4H3,(H,15,18,19). The maximum Gasteiger partial charge on any atom is 0.330 e. The summed E-state index contributed by atoms with van der Waals surface area (Å²) in [6.07, 6.45) is 0. The van der Waals surface area contributed by atoms with Crippen molar-refractivity contribution < 1.29 is 0 Å². The van der Waals surface area contributed by atoms with E-state index in [-0.39, 0.29) is 11.3 Å². The van der Waals surface area contributed by atoms with Gasteiger partial charge in [0, 0.05) is 13.6 Å². The smallest absolute Gasteiger partial charge is 0.324 e. The molecule has 104 valence electrons. The third-order valence-electron chi connectivity index (χ3n) is 2.95. The summed E-state index contributed by atoms with van der Waals surface area (Å²) >= 11 is 6.05. The molecule has 0 bridgehead atoms. The Morgan fingerprint density at radius 1 is 1.32 bits per heavy atom. The lowest BCUT2D eigenvalue weighted by Gasteiger charge is -2.08. The van der Waals surface area contributed by atoms with E-state index in [1.54, 1.807) is 18.5 Å². The molecule has 0 fully saturated rings. The predicted molar refractivity (Wildman–Crippen MR) is 74.7 cm³/mol. The largest absolute Gasteiger partial charge is 0.330 e. The van der Waals surface area contributed by atoms with Gasteiger partial charge in [-0.2, -0.15) is 0 Å².